The molecule has 0 fully saturated rings. The van der Waals surface area contributed by atoms with Crippen LogP contribution in [0.2, 0.25) is 0 Å². The Morgan fingerprint density at radius 1 is 0.864 bits per heavy atom. The van der Waals surface area contributed by atoms with Gasteiger partial charge in [0.15, 0.2) is 0 Å². The summed E-state index contributed by atoms with van der Waals surface area (Å²) in [5.41, 5.74) is 0.160. The smallest absolute Gasteiger partial charge is 0.305 e. The summed E-state index contributed by atoms with van der Waals surface area (Å²) in [6, 6.07) is 0. The summed E-state index contributed by atoms with van der Waals surface area (Å²) in [7, 11) is 0. The molecule has 0 radical (unpaired) electrons. The van der Waals surface area contributed by atoms with Crippen LogP contribution >= 0.6 is 0 Å². The highest BCUT2D eigenvalue weighted by Crippen LogP contribution is 2.31. The van der Waals surface area contributed by atoms with Gasteiger partial charge >= 0.3 is 11.9 Å². The molecule has 0 aromatic heterocycles. The average molecular weight is 314 g/mol. The molecular weight excluding hydrogens is 280 g/mol. The predicted octanol–water partition coefficient (Wildman–Crippen LogP) is 4.51. The van der Waals surface area contributed by atoms with Gasteiger partial charge in [0, 0.05) is 18.8 Å². The molecule has 0 unspecified atom stereocenters. The van der Waals surface area contributed by atoms with Gasteiger partial charge in [0.25, 0.3) is 0 Å². The second-order valence-corrected chi connectivity index (χ2v) is 6.85. The van der Waals surface area contributed by atoms with Crippen molar-refractivity contribution in [2.24, 2.45) is 11.3 Å². The Hall–Kier alpha value is -1.06. The van der Waals surface area contributed by atoms with Gasteiger partial charge in [-0.3, -0.25) is 9.59 Å². The third-order valence-electron chi connectivity index (χ3n) is 3.64. The van der Waals surface area contributed by atoms with Crippen LogP contribution in [0.4, 0.5) is 0 Å². The molecule has 0 N–H and O–H groups in total. The zero-order chi connectivity index (χ0) is 17.0. The molecule has 4 heteroatoms. The van der Waals surface area contributed by atoms with Crippen molar-refractivity contribution in [2.45, 2.75) is 79.6 Å². The van der Waals surface area contributed by atoms with E-state index in [1.165, 1.54) is 0 Å². The number of ether oxygens (including phenoxy) is 2. The zero-order valence-corrected chi connectivity index (χ0v) is 15.1. The maximum atomic E-state index is 11.5. The zero-order valence-electron chi connectivity index (χ0n) is 15.1. The number of carbonyl (C=O) groups is 2. The van der Waals surface area contributed by atoms with Gasteiger partial charge in [-0.15, -0.1) is 0 Å². The molecule has 130 valence electrons. The van der Waals surface area contributed by atoms with E-state index in [1.54, 1.807) is 0 Å². The summed E-state index contributed by atoms with van der Waals surface area (Å²) < 4.78 is 10.7. The molecule has 0 saturated heterocycles. The lowest BCUT2D eigenvalue weighted by Crippen LogP contribution is -2.26. The molecule has 0 rings (SSSR count). The summed E-state index contributed by atoms with van der Waals surface area (Å²) in [6.45, 7) is 11.2. The Morgan fingerprint density at radius 2 is 1.32 bits per heavy atom. The molecular formula is C18H34O4. The first-order valence-electron chi connectivity index (χ1n) is 8.65. The summed E-state index contributed by atoms with van der Waals surface area (Å²) in [6.07, 6.45) is 5.58. The number of rotatable bonds is 12. The minimum atomic E-state index is -0.166. The quantitative estimate of drug-likeness (QED) is 0.497. The standard InChI is InChI=1S/C18H34O4/c1-6-9-16(19)21-13-15(12-18(4,5)11-8-3)14-22-17(20)10-7-2/h15H,6-14H2,1-5H3. The number of hydrogen-bond donors (Lipinski definition) is 0. The van der Waals surface area contributed by atoms with Crippen LogP contribution in [0, 0.1) is 11.3 Å². The van der Waals surface area contributed by atoms with Gasteiger partial charge in [0.05, 0.1) is 13.2 Å². The Kier molecular flexibility index (Phi) is 10.9. The minimum absolute atomic E-state index is 0.0724. The second kappa shape index (κ2) is 11.5. The number of hydrogen-bond acceptors (Lipinski definition) is 4. The van der Waals surface area contributed by atoms with Crippen molar-refractivity contribution in [1.29, 1.82) is 0 Å². The lowest BCUT2D eigenvalue weighted by atomic mass is 9.80. The molecule has 0 aliphatic carbocycles. The Labute approximate surface area is 135 Å². The highest BCUT2D eigenvalue weighted by Gasteiger charge is 2.24. The van der Waals surface area contributed by atoms with E-state index >= 15 is 0 Å². The van der Waals surface area contributed by atoms with Gasteiger partial charge in [0.2, 0.25) is 0 Å². The van der Waals surface area contributed by atoms with Crippen LogP contribution in [0.3, 0.4) is 0 Å². The van der Waals surface area contributed by atoms with Crippen molar-refractivity contribution in [3.63, 3.8) is 0 Å². The van der Waals surface area contributed by atoms with E-state index < -0.39 is 0 Å². The van der Waals surface area contributed by atoms with Gasteiger partial charge in [0.1, 0.15) is 0 Å². The van der Waals surface area contributed by atoms with E-state index in [1.807, 2.05) is 13.8 Å². The van der Waals surface area contributed by atoms with Crippen LogP contribution in [0.25, 0.3) is 0 Å². The third-order valence-corrected chi connectivity index (χ3v) is 3.64. The Bertz CT molecular complexity index is 301. The fourth-order valence-electron chi connectivity index (χ4n) is 2.70. The lowest BCUT2D eigenvalue weighted by Gasteiger charge is -2.29. The van der Waals surface area contributed by atoms with Crippen LogP contribution in [0.1, 0.15) is 79.6 Å². The first-order chi connectivity index (χ1) is 10.3. The van der Waals surface area contributed by atoms with Crippen molar-refractivity contribution in [1.82, 2.24) is 0 Å². The van der Waals surface area contributed by atoms with Gasteiger partial charge in [-0.2, -0.15) is 0 Å². The van der Waals surface area contributed by atoms with E-state index in [4.69, 9.17) is 9.47 Å². The fourth-order valence-corrected chi connectivity index (χ4v) is 2.70. The molecule has 0 atom stereocenters. The van der Waals surface area contributed by atoms with E-state index in [0.29, 0.717) is 26.1 Å². The van der Waals surface area contributed by atoms with E-state index in [-0.39, 0.29) is 23.3 Å². The van der Waals surface area contributed by atoms with Crippen LogP contribution in [0.15, 0.2) is 0 Å². The van der Waals surface area contributed by atoms with Crippen LogP contribution in [-0.4, -0.2) is 25.2 Å². The third kappa shape index (κ3) is 10.6. The largest absolute Gasteiger partial charge is 0.465 e. The van der Waals surface area contributed by atoms with Crippen molar-refractivity contribution >= 4 is 11.9 Å². The normalized spacial score (nSPS) is 11.5. The van der Waals surface area contributed by atoms with Crippen LogP contribution in [-0.2, 0) is 19.1 Å². The summed E-state index contributed by atoms with van der Waals surface area (Å²) in [4.78, 5) is 23.1. The maximum Gasteiger partial charge on any atom is 0.305 e. The van der Waals surface area contributed by atoms with Crippen molar-refractivity contribution in [2.75, 3.05) is 13.2 Å². The molecule has 22 heavy (non-hydrogen) atoms. The highest BCUT2D eigenvalue weighted by molar-refractivity contribution is 5.69. The molecule has 4 nitrogen and oxygen atoms in total. The van der Waals surface area contributed by atoms with Crippen molar-refractivity contribution in [3.05, 3.63) is 0 Å². The van der Waals surface area contributed by atoms with Crippen LogP contribution in [0.5, 0.6) is 0 Å². The molecule has 0 heterocycles. The van der Waals surface area contributed by atoms with E-state index in [0.717, 1.165) is 32.1 Å². The monoisotopic (exact) mass is 314 g/mol. The van der Waals surface area contributed by atoms with Gasteiger partial charge in [-0.05, 0) is 31.1 Å². The van der Waals surface area contributed by atoms with E-state index in [9.17, 15) is 9.59 Å². The summed E-state index contributed by atoms with van der Waals surface area (Å²) in [5.74, 6) is -0.260. The molecule has 0 bridgehead atoms. The average Bonchev–Trinajstić information content (AvgIpc) is 2.42. The maximum absolute atomic E-state index is 11.5. The topological polar surface area (TPSA) is 52.6 Å². The van der Waals surface area contributed by atoms with Gasteiger partial charge in [-0.25, -0.2) is 0 Å². The predicted molar refractivity (Wildman–Crippen MR) is 88.5 cm³/mol. The van der Waals surface area contributed by atoms with Crippen LogP contribution < -0.4 is 0 Å². The first kappa shape index (κ1) is 20.9. The minimum Gasteiger partial charge on any atom is -0.465 e. The van der Waals surface area contributed by atoms with Crippen molar-refractivity contribution < 1.29 is 19.1 Å². The molecule has 0 aliphatic heterocycles. The molecule has 0 saturated carbocycles. The highest BCUT2D eigenvalue weighted by atomic mass is 16.5. The first-order valence-corrected chi connectivity index (χ1v) is 8.65. The number of esters is 2. The molecule has 0 spiro atoms. The molecule has 0 aromatic carbocycles. The molecule has 0 aliphatic rings. The second-order valence-electron chi connectivity index (χ2n) is 6.85. The SMILES string of the molecule is CCCC(=O)OCC(COC(=O)CCC)CC(C)(C)CCC. The molecule has 0 aromatic rings. The fraction of sp³-hybridized carbons (Fsp3) is 0.889. The van der Waals surface area contributed by atoms with E-state index in [2.05, 4.69) is 20.8 Å². The Morgan fingerprint density at radius 3 is 1.68 bits per heavy atom. The number of carbonyl (C=O) groups excluding carboxylic acids is 2. The van der Waals surface area contributed by atoms with Crippen molar-refractivity contribution in [3.8, 4) is 0 Å². The van der Waals surface area contributed by atoms with Gasteiger partial charge in [-0.1, -0.05) is 41.0 Å². The molecule has 0 amide bonds. The summed E-state index contributed by atoms with van der Waals surface area (Å²) in [5, 5.41) is 0. The van der Waals surface area contributed by atoms with Gasteiger partial charge < -0.3 is 9.47 Å². The lowest BCUT2D eigenvalue weighted by molar-refractivity contribution is -0.149. The Balaban J connectivity index is 4.48. The summed E-state index contributed by atoms with van der Waals surface area (Å²) >= 11 is 0.